The summed E-state index contributed by atoms with van der Waals surface area (Å²) in [4.78, 5) is 2.72. The molecule has 16 heavy (non-hydrogen) atoms. The molecule has 1 aliphatic carbocycles. The van der Waals surface area contributed by atoms with Crippen LogP contribution >= 0.6 is 0 Å². The third-order valence-corrected chi connectivity index (χ3v) is 4.53. The highest BCUT2D eigenvalue weighted by Crippen LogP contribution is 2.42. The highest BCUT2D eigenvalue weighted by Gasteiger charge is 2.39. The van der Waals surface area contributed by atoms with Gasteiger partial charge in [-0.25, -0.2) is 0 Å². The van der Waals surface area contributed by atoms with E-state index in [0.29, 0.717) is 5.54 Å². The van der Waals surface area contributed by atoms with Crippen LogP contribution in [0.5, 0.6) is 0 Å². The number of likely N-dealkylation sites (tertiary alicyclic amines) is 1. The Bertz CT molecular complexity index is 379. The summed E-state index contributed by atoms with van der Waals surface area (Å²) in [5.41, 5.74) is 3.50. The van der Waals surface area contributed by atoms with Gasteiger partial charge in [-0.1, -0.05) is 30.7 Å². The van der Waals surface area contributed by atoms with Crippen LogP contribution in [0.1, 0.15) is 43.7 Å². The van der Waals surface area contributed by atoms with E-state index in [9.17, 15) is 0 Å². The Morgan fingerprint density at radius 2 is 1.81 bits per heavy atom. The first kappa shape index (κ1) is 10.3. The highest BCUT2D eigenvalue weighted by atomic mass is 15.2. The zero-order valence-electron chi connectivity index (χ0n) is 10.2. The normalized spacial score (nSPS) is 30.3. The number of rotatable bonds is 1. The molecule has 86 valence electrons. The molecule has 0 amide bonds. The van der Waals surface area contributed by atoms with Gasteiger partial charge in [0, 0.05) is 5.54 Å². The number of piperidine rings is 1. The molecular formula is C15H21N. The van der Waals surface area contributed by atoms with E-state index in [1.165, 1.54) is 45.2 Å². The minimum atomic E-state index is 0.330. The molecule has 1 nitrogen and oxygen atoms in total. The summed E-state index contributed by atoms with van der Waals surface area (Å²) in [6.45, 7) is 5.04. The van der Waals surface area contributed by atoms with E-state index in [1.807, 2.05) is 0 Å². The van der Waals surface area contributed by atoms with Crippen molar-refractivity contribution < 1.29 is 0 Å². The number of benzene rings is 1. The van der Waals surface area contributed by atoms with Crippen LogP contribution < -0.4 is 0 Å². The first-order chi connectivity index (χ1) is 7.81. The molecule has 1 saturated heterocycles. The van der Waals surface area contributed by atoms with Gasteiger partial charge in [-0.15, -0.1) is 0 Å². The molecule has 1 aromatic carbocycles. The van der Waals surface area contributed by atoms with Crippen LogP contribution in [-0.2, 0) is 12.0 Å². The maximum Gasteiger partial charge on any atom is 0.0438 e. The number of hydrogen-bond acceptors (Lipinski definition) is 1. The minimum Gasteiger partial charge on any atom is -0.294 e. The largest absolute Gasteiger partial charge is 0.294 e. The fourth-order valence-electron chi connectivity index (χ4n) is 3.49. The molecule has 3 rings (SSSR count). The lowest BCUT2D eigenvalue weighted by molar-refractivity contribution is 0.0799. The van der Waals surface area contributed by atoms with Crippen molar-refractivity contribution in [2.24, 2.45) is 0 Å². The van der Waals surface area contributed by atoms with Crippen LogP contribution in [0.25, 0.3) is 0 Å². The predicted molar refractivity (Wildman–Crippen MR) is 67.5 cm³/mol. The van der Waals surface area contributed by atoms with Crippen molar-refractivity contribution in [1.29, 1.82) is 0 Å². The second-order valence-electron chi connectivity index (χ2n) is 5.48. The molecule has 0 aromatic heterocycles. The van der Waals surface area contributed by atoms with Crippen LogP contribution in [0.3, 0.4) is 0 Å². The number of nitrogens with zero attached hydrogens (tertiary/aromatic N) is 1. The van der Waals surface area contributed by atoms with Gasteiger partial charge < -0.3 is 0 Å². The fourth-order valence-corrected chi connectivity index (χ4v) is 3.49. The molecule has 2 aliphatic rings. The Morgan fingerprint density at radius 3 is 2.62 bits per heavy atom. The van der Waals surface area contributed by atoms with Crippen LogP contribution in [0.4, 0.5) is 0 Å². The Labute approximate surface area is 98.5 Å². The summed E-state index contributed by atoms with van der Waals surface area (Å²) in [6.07, 6.45) is 6.78. The number of fused-ring (bicyclic) bond motifs is 1. The molecule has 1 fully saturated rings. The van der Waals surface area contributed by atoms with E-state index in [0.717, 1.165) is 0 Å². The average Bonchev–Trinajstić information content (AvgIpc) is 2.71. The van der Waals surface area contributed by atoms with E-state index in [2.05, 4.69) is 36.1 Å². The summed E-state index contributed by atoms with van der Waals surface area (Å²) in [5, 5.41) is 0. The first-order valence-corrected chi connectivity index (χ1v) is 6.64. The molecule has 0 saturated carbocycles. The Morgan fingerprint density at radius 1 is 1.06 bits per heavy atom. The van der Waals surface area contributed by atoms with E-state index in [1.54, 1.807) is 11.1 Å². The zero-order chi connectivity index (χ0) is 11.0. The fraction of sp³-hybridized carbons (Fsp3) is 0.600. The van der Waals surface area contributed by atoms with Crippen molar-refractivity contribution in [2.45, 2.75) is 44.6 Å². The standard InChI is InChI=1S/C15H21N/c1-15(16-11-5-2-6-12-16)10-9-13-7-3-4-8-14(13)15/h3-4,7-8H,2,5-6,9-12H2,1H3/t15-/m0/s1. The highest BCUT2D eigenvalue weighted by molar-refractivity contribution is 5.38. The number of hydrogen-bond donors (Lipinski definition) is 0. The van der Waals surface area contributed by atoms with Crippen molar-refractivity contribution >= 4 is 0 Å². The summed E-state index contributed by atoms with van der Waals surface area (Å²) in [5.74, 6) is 0. The molecule has 0 bridgehead atoms. The van der Waals surface area contributed by atoms with Crippen LogP contribution in [-0.4, -0.2) is 18.0 Å². The zero-order valence-corrected chi connectivity index (χ0v) is 10.2. The molecule has 0 unspecified atom stereocenters. The molecule has 0 spiro atoms. The first-order valence-electron chi connectivity index (χ1n) is 6.64. The average molecular weight is 215 g/mol. The second kappa shape index (κ2) is 3.89. The lowest BCUT2D eigenvalue weighted by atomic mass is 9.90. The molecule has 1 aliphatic heterocycles. The summed E-state index contributed by atoms with van der Waals surface area (Å²) >= 11 is 0. The van der Waals surface area contributed by atoms with Crippen molar-refractivity contribution in [3.8, 4) is 0 Å². The van der Waals surface area contributed by atoms with Gasteiger partial charge >= 0.3 is 0 Å². The van der Waals surface area contributed by atoms with Crippen molar-refractivity contribution in [2.75, 3.05) is 13.1 Å². The van der Waals surface area contributed by atoms with Gasteiger partial charge in [0.25, 0.3) is 0 Å². The Hall–Kier alpha value is -0.820. The third kappa shape index (κ3) is 1.49. The minimum absolute atomic E-state index is 0.330. The van der Waals surface area contributed by atoms with Gasteiger partial charge in [-0.2, -0.15) is 0 Å². The summed E-state index contributed by atoms with van der Waals surface area (Å²) < 4.78 is 0. The van der Waals surface area contributed by atoms with Crippen LogP contribution in [0, 0.1) is 0 Å². The third-order valence-electron chi connectivity index (χ3n) is 4.53. The van der Waals surface area contributed by atoms with Crippen molar-refractivity contribution in [1.82, 2.24) is 4.90 Å². The maximum absolute atomic E-state index is 2.72. The second-order valence-corrected chi connectivity index (χ2v) is 5.48. The molecule has 0 radical (unpaired) electrons. The molecule has 1 aromatic rings. The van der Waals surface area contributed by atoms with Crippen LogP contribution in [0.2, 0.25) is 0 Å². The molecule has 0 N–H and O–H groups in total. The SMILES string of the molecule is C[C@]1(N2CCCCC2)CCc2ccccc21. The molecular weight excluding hydrogens is 194 g/mol. The summed E-state index contributed by atoms with van der Waals surface area (Å²) in [6, 6.07) is 9.04. The van der Waals surface area contributed by atoms with E-state index >= 15 is 0 Å². The maximum atomic E-state index is 2.72. The molecule has 1 heteroatoms. The Balaban J connectivity index is 1.94. The van der Waals surface area contributed by atoms with E-state index < -0.39 is 0 Å². The lowest BCUT2D eigenvalue weighted by Crippen LogP contribution is -2.45. The van der Waals surface area contributed by atoms with Gasteiger partial charge in [0.1, 0.15) is 0 Å². The molecule has 1 heterocycles. The summed E-state index contributed by atoms with van der Waals surface area (Å²) in [7, 11) is 0. The van der Waals surface area contributed by atoms with Gasteiger partial charge in [0.2, 0.25) is 0 Å². The molecule has 1 atom stereocenters. The topological polar surface area (TPSA) is 3.24 Å². The Kier molecular flexibility index (Phi) is 2.51. The van der Waals surface area contributed by atoms with Crippen molar-refractivity contribution in [3.63, 3.8) is 0 Å². The number of aryl methyl sites for hydroxylation is 1. The van der Waals surface area contributed by atoms with Gasteiger partial charge in [0.05, 0.1) is 0 Å². The van der Waals surface area contributed by atoms with Crippen LogP contribution in [0.15, 0.2) is 24.3 Å². The van der Waals surface area contributed by atoms with E-state index in [-0.39, 0.29) is 0 Å². The monoisotopic (exact) mass is 215 g/mol. The van der Waals surface area contributed by atoms with Crippen molar-refractivity contribution in [3.05, 3.63) is 35.4 Å². The lowest BCUT2D eigenvalue weighted by Gasteiger charge is -2.41. The van der Waals surface area contributed by atoms with Gasteiger partial charge in [-0.3, -0.25) is 4.90 Å². The van der Waals surface area contributed by atoms with Gasteiger partial charge in [-0.05, 0) is 56.8 Å². The predicted octanol–water partition coefficient (Wildman–Crippen LogP) is 3.33. The smallest absolute Gasteiger partial charge is 0.0438 e. The quantitative estimate of drug-likeness (QED) is 0.694. The van der Waals surface area contributed by atoms with Gasteiger partial charge in [0.15, 0.2) is 0 Å². The van der Waals surface area contributed by atoms with E-state index in [4.69, 9.17) is 0 Å².